The highest BCUT2D eigenvalue weighted by Crippen LogP contribution is 2.43. The zero-order chi connectivity index (χ0) is 72.6. The van der Waals surface area contributed by atoms with E-state index in [1.54, 1.807) is 0 Å². The van der Waals surface area contributed by atoms with Gasteiger partial charge < -0.3 is 9.13 Å². The molecular weight excluding hydrogens is 1340 g/mol. The van der Waals surface area contributed by atoms with Crippen molar-refractivity contribution in [1.29, 1.82) is 0 Å². The first-order chi connectivity index (χ1) is 54.5. The highest BCUT2D eigenvalue weighted by molar-refractivity contribution is 6.15. The Balaban J connectivity index is 0.000000140. The highest BCUT2D eigenvalue weighted by Gasteiger charge is 2.23. The van der Waals surface area contributed by atoms with Crippen LogP contribution in [0.5, 0.6) is 0 Å². The van der Waals surface area contributed by atoms with Gasteiger partial charge in [-0.05, 0) is 130 Å². The molecule has 0 unspecified atom stereocenters. The molecule has 0 aliphatic heterocycles. The van der Waals surface area contributed by atoms with Crippen LogP contribution in [0, 0.1) is 0 Å². The number of para-hydroxylation sites is 4. The Kier molecular flexibility index (Phi) is 15.3. The molecule has 22 rings (SSSR count). The van der Waals surface area contributed by atoms with Crippen LogP contribution in [0.4, 0.5) is 0 Å². The number of fused-ring (bicyclic) bond motifs is 13. The molecule has 0 fully saturated rings. The second kappa shape index (κ2) is 26.5. The maximum absolute atomic E-state index is 5.10. The summed E-state index contributed by atoms with van der Waals surface area (Å²) in [6, 6.07) is 137. The molecule has 10 nitrogen and oxygen atoms in total. The molecule has 0 bridgehead atoms. The predicted molar refractivity (Wildman–Crippen MR) is 453 cm³/mol. The van der Waals surface area contributed by atoms with Crippen molar-refractivity contribution in [3.8, 4) is 102 Å². The summed E-state index contributed by atoms with van der Waals surface area (Å²) in [6.45, 7) is 0. The Morgan fingerprint density at radius 3 is 0.827 bits per heavy atom. The van der Waals surface area contributed by atoms with Gasteiger partial charge >= 0.3 is 0 Å². The lowest BCUT2D eigenvalue weighted by Gasteiger charge is -2.12. The van der Waals surface area contributed by atoms with Gasteiger partial charge in [-0.1, -0.05) is 297 Å². The Labute approximate surface area is 632 Å². The molecule has 6 heterocycles. The molecule has 0 radical (unpaired) electrons. The molecule has 16 aromatic carbocycles. The number of hydrogen-bond acceptors (Lipinski definition) is 6. The van der Waals surface area contributed by atoms with Crippen LogP contribution >= 0.6 is 0 Å². The molecule has 6 aromatic heterocycles. The SMILES string of the molecule is c1ccc(-c2cccc(-n3c4ccccc4c4cc(-c5ccc6c(c5)c5ccccc5n6-c5nc(-c6ccccc6)nc(-c6ccccc6)n5)ccc43)c2)cc1.c1ccc(-c2nc(-c3ccccc3)nc(-n3c4ccccc4c4cc(-c5ccc6c(c5)c5ccccc5n6-c5cccc6ccccc56)ccc43)n2)cc1. The normalized spacial score (nSPS) is 11.6. The summed E-state index contributed by atoms with van der Waals surface area (Å²) in [7, 11) is 0. The van der Waals surface area contributed by atoms with Gasteiger partial charge in [-0.25, -0.2) is 9.97 Å². The summed E-state index contributed by atoms with van der Waals surface area (Å²) in [5, 5.41) is 11.9. The molecule has 514 valence electrons. The van der Waals surface area contributed by atoms with Crippen molar-refractivity contribution in [2.24, 2.45) is 0 Å². The number of hydrogen-bond donors (Lipinski definition) is 0. The average molecular weight is 1410 g/mol. The van der Waals surface area contributed by atoms with E-state index in [1.165, 1.54) is 76.8 Å². The topological polar surface area (TPSA) is 97.1 Å². The zero-order valence-electron chi connectivity index (χ0n) is 59.4. The molecule has 0 amide bonds. The summed E-state index contributed by atoms with van der Waals surface area (Å²) in [6.07, 6.45) is 0. The molecule has 0 saturated heterocycles. The summed E-state index contributed by atoms with van der Waals surface area (Å²) >= 11 is 0. The third-order valence-corrected chi connectivity index (χ3v) is 21.4. The second-order valence-electron chi connectivity index (χ2n) is 27.8. The lowest BCUT2D eigenvalue weighted by atomic mass is 10.0. The van der Waals surface area contributed by atoms with Crippen molar-refractivity contribution in [2.75, 3.05) is 0 Å². The summed E-state index contributed by atoms with van der Waals surface area (Å²) in [5.41, 5.74) is 22.0. The molecule has 22 aromatic rings. The predicted octanol–water partition coefficient (Wildman–Crippen LogP) is 25.0. The Morgan fingerprint density at radius 1 is 0.155 bits per heavy atom. The number of benzene rings is 16. The summed E-state index contributed by atoms with van der Waals surface area (Å²) in [4.78, 5) is 30.3. The van der Waals surface area contributed by atoms with Gasteiger partial charge in [-0.3, -0.25) is 9.13 Å². The van der Waals surface area contributed by atoms with Crippen LogP contribution in [0.25, 0.3) is 200 Å². The first-order valence-corrected chi connectivity index (χ1v) is 37.1. The first kappa shape index (κ1) is 63.5. The highest BCUT2D eigenvalue weighted by atomic mass is 15.2. The fraction of sp³-hybridized carbons (Fsp3) is 0. The van der Waals surface area contributed by atoms with E-state index in [4.69, 9.17) is 29.9 Å². The third-order valence-electron chi connectivity index (χ3n) is 21.4. The van der Waals surface area contributed by atoms with Crippen molar-refractivity contribution < 1.29 is 0 Å². The minimum Gasteiger partial charge on any atom is -0.309 e. The van der Waals surface area contributed by atoms with E-state index in [9.17, 15) is 0 Å². The van der Waals surface area contributed by atoms with Crippen molar-refractivity contribution in [1.82, 2.24) is 48.2 Å². The van der Waals surface area contributed by atoms with Crippen LogP contribution in [-0.4, -0.2) is 48.2 Å². The van der Waals surface area contributed by atoms with Crippen molar-refractivity contribution in [3.63, 3.8) is 0 Å². The van der Waals surface area contributed by atoms with Crippen molar-refractivity contribution in [2.45, 2.75) is 0 Å². The largest absolute Gasteiger partial charge is 0.309 e. The van der Waals surface area contributed by atoms with Crippen LogP contribution in [0.1, 0.15) is 0 Å². The molecule has 0 saturated carbocycles. The minimum atomic E-state index is 0.585. The van der Waals surface area contributed by atoms with Gasteiger partial charge in [0.1, 0.15) is 0 Å². The molecule has 0 spiro atoms. The Bertz CT molecular complexity index is 7210. The van der Waals surface area contributed by atoms with Gasteiger partial charge in [0.25, 0.3) is 0 Å². The third kappa shape index (κ3) is 11.0. The maximum atomic E-state index is 5.10. The van der Waals surface area contributed by atoms with E-state index in [0.29, 0.717) is 35.2 Å². The van der Waals surface area contributed by atoms with E-state index in [2.05, 4.69) is 285 Å². The molecule has 10 heteroatoms. The van der Waals surface area contributed by atoms with Crippen LogP contribution in [0.15, 0.2) is 388 Å². The van der Waals surface area contributed by atoms with Gasteiger partial charge in [0.2, 0.25) is 11.9 Å². The monoisotopic (exact) mass is 1400 g/mol. The maximum Gasteiger partial charge on any atom is 0.238 e. The van der Waals surface area contributed by atoms with Crippen LogP contribution < -0.4 is 0 Å². The fourth-order valence-electron chi connectivity index (χ4n) is 16.2. The van der Waals surface area contributed by atoms with Gasteiger partial charge in [-0.15, -0.1) is 0 Å². The lowest BCUT2D eigenvalue weighted by Crippen LogP contribution is -2.06. The Hall–Kier alpha value is -15.0. The zero-order valence-corrected chi connectivity index (χ0v) is 59.4. The lowest BCUT2D eigenvalue weighted by molar-refractivity contribution is 0.953. The van der Waals surface area contributed by atoms with Crippen molar-refractivity contribution >= 4 is 98.0 Å². The Morgan fingerprint density at radius 2 is 0.427 bits per heavy atom. The molecule has 110 heavy (non-hydrogen) atoms. The van der Waals surface area contributed by atoms with Gasteiger partial charge in [-0.2, -0.15) is 19.9 Å². The summed E-state index contributed by atoms with van der Waals surface area (Å²) in [5.74, 6) is 3.72. The van der Waals surface area contributed by atoms with E-state index in [-0.39, 0.29) is 0 Å². The van der Waals surface area contributed by atoms with Gasteiger partial charge in [0.05, 0.1) is 49.8 Å². The molecule has 0 atom stereocenters. The number of nitrogens with zero attached hydrogens (tertiary/aromatic N) is 10. The van der Waals surface area contributed by atoms with Crippen LogP contribution in [0.3, 0.4) is 0 Å². The van der Waals surface area contributed by atoms with Crippen LogP contribution in [-0.2, 0) is 0 Å². The first-order valence-electron chi connectivity index (χ1n) is 37.1. The standard InChI is InChI=1S/C51H33N5.C49H31N5/c1-4-15-34(16-5-1)37-21-14-22-40(31-37)55-45-25-12-10-23-41(45)43-32-38(27-29-47(43)55)39-28-30-48-44(33-39)42-24-11-13-26-46(42)56(48)51-53-49(35-17-6-2-7-18-35)52-50(54-51)36-19-8-3-9-20-36;1-3-15-33(16-4-1)47-50-48(34-17-5-2-6-18-34)52-49(51-47)54-44-24-12-10-22-39(44)41-31-36(27-29-46(41)54)35-26-28-45-40(30-35)38-21-9-11-23-43(38)53(45)42-25-13-19-32-14-7-8-20-37(32)42/h1-33H;1-31H. The van der Waals surface area contributed by atoms with E-state index in [0.717, 1.165) is 88.2 Å². The molecular formula is C100H64N10. The quantitative estimate of drug-likeness (QED) is 0.128. The smallest absolute Gasteiger partial charge is 0.238 e. The number of aromatic nitrogens is 10. The van der Waals surface area contributed by atoms with E-state index < -0.39 is 0 Å². The van der Waals surface area contributed by atoms with Gasteiger partial charge in [0.15, 0.2) is 23.3 Å². The fourth-order valence-corrected chi connectivity index (χ4v) is 16.2. The average Bonchev–Trinajstić information content (AvgIpc) is 1.59. The van der Waals surface area contributed by atoms with E-state index in [1.807, 2.05) is 121 Å². The van der Waals surface area contributed by atoms with Gasteiger partial charge in [0, 0.05) is 76.4 Å². The molecule has 0 N–H and O–H groups in total. The minimum absolute atomic E-state index is 0.585. The van der Waals surface area contributed by atoms with Crippen LogP contribution in [0.2, 0.25) is 0 Å². The van der Waals surface area contributed by atoms with E-state index >= 15 is 0 Å². The molecule has 0 aliphatic carbocycles. The molecule has 0 aliphatic rings. The second-order valence-corrected chi connectivity index (χ2v) is 27.8. The summed E-state index contributed by atoms with van der Waals surface area (Å²) < 4.78 is 9.15. The number of rotatable bonds is 11. The van der Waals surface area contributed by atoms with Crippen molar-refractivity contribution in [3.05, 3.63) is 388 Å².